The van der Waals surface area contributed by atoms with E-state index in [1.807, 2.05) is 26.0 Å². The summed E-state index contributed by atoms with van der Waals surface area (Å²) < 4.78 is 5.21. The number of nitrogens with one attached hydrogen (secondary N) is 1. The lowest BCUT2D eigenvalue weighted by Crippen LogP contribution is -2.11. The van der Waals surface area contributed by atoms with E-state index in [9.17, 15) is 4.79 Å². The number of hydrogen-bond acceptors (Lipinski definition) is 3. The van der Waals surface area contributed by atoms with E-state index < -0.39 is 0 Å². The van der Waals surface area contributed by atoms with Gasteiger partial charge in [-0.25, -0.2) is 4.98 Å². The molecule has 0 unspecified atom stereocenters. The van der Waals surface area contributed by atoms with E-state index >= 15 is 0 Å². The van der Waals surface area contributed by atoms with Gasteiger partial charge in [-0.3, -0.25) is 4.79 Å². The summed E-state index contributed by atoms with van der Waals surface area (Å²) in [6.45, 7) is 4.01. The molecule has 0 atom stereocenters. The van der Waals surface area contributed by atoms with E-state index in [1.54, 1.807) is 18.2 Å². The van der Waals surface area contributed by atoms with Gasteiger partial charge in [0.25, 0.3) is 5.91 Å². The minimum absolute atomic E-state index is 0.159. The fourth-order valence-electron chi connectivity index (χ4n) is 2.25. The SMILES string of the molecule is Cc1cc(C)cc(NC(=O)c2ccc3ncoc3c2)c1. The molecule has 0 aliphatic rings. The van der Waals surface area contributed by atoms with E-state index in [1.165, 1.54) is 6.39 Å². The molecule has 0 spiro atoms. The average Bonchev–Trinajstić information content (AvgIpc) is 2.84. The Morgan fingerprint density at radius 2 is 1.85 bits per heavy atom. The smallest absolute Gasteiger partial charge is 0.255 e. The van der Waals surface area contributed by atoms with Crippen molar-refractivity contribution in [2.24, 2.45) is 0 Å². The molecule has 1 aromatic heterocycles. The van der Waals surface area contributed by atoms with Crippen LogP contribution in [0.4, 0.5) is 5.69 Å². The van der Waals surface area contributed by atoms with Crippen LogP contribution in [0.2, 0.25) is 0 Å². The molecule has 0 aliphatic heterocycles. The molecule has 0 saturated heterocycles. The number of aromatic nitrogens is 1. The Morgan fingerprint density at radius 3 is 2.60 bits per heavy atom. The third kappa shape index (κ3) is 2.40. The van der Waals surface area contributed by atoms with E-state index in [0.29, 0.717) is 11.1 Å². The minimum atomic E-state index is -0.159. The summed E-state index contributed by atoms with van der Waals surface area (Å²) in [6, 6.07) is 11.2. The number of carbonyl (C=O) groups is 1. The largest absolute Gasteiger partial charge is 0.443 e. The van der Waals surface area contributed by atoms with Crippen LogP contribution in [-0.2, 0) is 0 Å². The van der Waals surface area contributed by atoms with Gasteiger partial charge in [-0.05, 0) is 55.3 Å². The first-order chi connectivity index (χ1) is 9.61. The standard InChI is InChI=1S/C16H14N2O2/c1-10-5-11(2)7-13(6-10)18-16(19)12-3-4-14-15(8-12)20-9-17-14/h3-9H,1-2H3,(H,18,19). The molecule has 3 aromatic rings. The zero-order valence-corrected chi connectivity index (χ0v) is 11.3. The predicted octanol–water partition coefficient (Wildman–Crippen LogP) is 3.70. The zero-order valence-electron chi connectivity index (χ0n) is 11.3. The first-order valence-electron chi connectivity index (χ1n) is 6.35. The summed E-state index contributed by atoms with van der Waals surface area (Å²) in [4.78, 5) is 16.3. The number of fused-ring (bicyclic) bond motifs is 1. The summed E-state index contributed by atoms with van der Waals surface area (Å²) in [5, 5.41) is 2.90. The number of rotatable bonds is 2. The highest BCUT2D eigenvalue weighted by molar-refractivity contribution is 6.05. The quantitative estimate of drug-likeness (QED) is 0.769. The van der Waals surface area contributed by atoms with Crippen molar-refractivity contribution in [3.05, 3.63) is 59.5 Å². The number of anilines is 1. The van der Waals surface area contributed by atoms with Crippen LogP contribution in [0.15, 0.2) is 47.2 Å². The summed E-state index contributed by atoms with van der Waals surface area (Å²) in [5.41, 5.74) is 4.93. The van der Waals surface area contributed by atoms with Gasteiger partial charge in [0, 0.05) is 11.3 Å². The van der Waals surface area contributed by atoms with Crippen LogP contribution in [0.1, 0.15) is 21.5 Å². The third-order valence-electron chi connectivity index (χ3n) is 3.07. The molecule has 20 heavy (non-hydrogen) atoms. The molecule has 0 bridgehead atoms. The molecule has 1 N–H and O–H groups in total. The normalized spacial score (nSPS) is 10.7. The number of benzene rings is 2. The molecule has 1 amide bonds. The monoisotopic (exact) mass is 266 g/mol. The van der Waals surface area contributed by atoms with Crippen molar-refractivity contribution >= 4 is 22.7 Å². The highest BCUT2D eigenvalue weighted by atomic mass is 16.3. The summed E-state index contributed by atoms with van der Waals surface area (Å²) in [5.74, 6) is -0.159. The fraction of sp³-hybridized carbons (Fsp3) is 0.125. The molecule has 2 aromatic carbocycles. The van der Waals surface area contributed by atoms with Gasteiger partial charge in [0.15, 0.2) is 12.0 Å². The lowest BCUT2D eigenvalue weighted by molar-refractivity contribution is 0.102. The summed E-state index contributed by atoms with van der Waals surface area (Å²) >= 11 is 0. The Labute approximate surface area is 116 Å². The molecule has 4 nitrogen and oxygen atoms in total. The van der Waals surface area contributed by atoms with E-state index in [2.05, 4.69) is 16.4 Å². The molecule has 4 heteroatoms. The highest BCUT2D eigenvalue weighted by Crippen LogP contribution is 2.17. The maximum Gasteiger partial charge on any atom is 0.255 e. The second-order valence-electron chi connectivity index (χ2n) is 4.87. The second kappa shape index (κ2) is 4.81. The van der Waals surface area contributed by atoms with Gasteiger partial charge < -0.3 is 9.73 Å². The summed E-state index contributed by atoms with van der Waals surface area (Å²) in [7, 11) is 0. The van der Waals surface area contributed by atoms with Gasteiger partial charge in [-0.2, -0.15) is 0 Å². The number of carbonyl (C=O) groups excluding carboxylic acids is 1. The van der Waals surface area contributed by atoms with Gasteiger partial charge >= 0.3 is 0 Å². The van der Waals surface area contributed by atoms with Crippen LogP contribution >= 0.6 is 0 Å². The number of oxazole rings is 1. The third-order valence-corrected chi connectivity index (χ3v) is 3.07. The molecule has 0 radical (unpaired) electrons. The Balaban J connectivity index is 1.88. The second-order valence-corrected chi connectivity index (χ2v) is 4.87. The predicted molar refractivity (Wildman–Crippen MR) is 77.9 cm³/mol. The van der Waals surface area contributed by atoms with Crippen LogP contribution in [0.5, 0.6) is 0 Å². The molecular weight excluding hydrogens is 252 g/mol. The average molecular weight is 266 g/mol. The summed E-state index contributed by atoms with van der Waals surface area (Å²) in [6.07, 6.45) is 1.37. The maximum absolute atomic E-state index is 12.2. The lowest BCUT2D eigenvalue weighted by atomic mass is 10.1. The fourth-order valence-corrected chi connectivity index (χ4v) is 2.25. The molecular formula is C16H14N2O2. The Kier molecular flexibility index (Phi) is 2.99. The van der Waals surface area contributed by atoms with Crippen molar-refractivity contribution in [3.63, 3.8) is 0 Å². The molecule has 1 heterocycles. The molecule has 100 valence electrons. The van der Waals surface area contributed by atoms with E-state index in [4.69, 9.17) is 4.42 Å². The van der Waals surface area contributed by atoms with Crippen molar-refractivity contribution in [2.45, 2.75) is 13.8 Å². The van der Waals surface area contributed by atoms with Crippen LogP contribution in [-0.4, -0.2) is 10.9 Å². The first-order valence-corrected chi connectivity index (χ1v) is 6.35. The Morgan fingerprint density at radius 1 is 1.10 bits per heavy atom. The van der Waals surface area contributed by atoms with Crippen molar-refractivity contribution in [1.82, 2.24) is 4.98 Å². The van der Waals surface area contributed by atoms with Gasteiger partial charge in [0.2, 0.25) is 0 Å². The molecule has 0 saturated carbocycles. The van der Waals surface area contributed by atoms with Gasteiger partial charge in [-0.1, -0.05) is 6.07 Å². The molecule has 0 fully saturated rings. The van der Waals surface area contributed by atoms with E-state index in [-0.39, 0.29) is 5.91 Å². The van der Waals surface area contributed by atoms with Crippen molar-refractivity contribution in [2.75, 3.05) is 5.32 Å². The molecule has 0 aliphatic carbocycles. The van der Waals surface area contributed by atoms with Crippen LogP contribution < -0.4 is 5.32 Å². The number of nitrogens with zero attached hydrogens (tertiary/aromatic N) is 1. The molecule has 3 rings (SSSR count). The van der Waals surface area contributed by atoms with Gasteiger partial charge in [0.1, 0.15) is 5.52 Å². The van der Waals surface area contributed by atoms with E-state index in [0.717, 1.165) is 22.3 Å². The lowest BCUT2D eigenvalue weighted by Gasteiger charge is -2.07. The van der Waals surface area contributed by atoms with Gasteiger partial charge in [0.05, 0.1) is 0 Å². The van der Waals surface area contributed by atoms with Crippen LogP contribution in [0.25, 0.3) is 11.1 Å². The number of aryl methyl sites for hydroxylation is 2. The van der Waals surface area contributed by atoms with Crippen LogP contribution in [0, 0.1) is 13.8 Å². The Bertz CT molecular complexity index is 770. The maximum atomic E-state index is 12.2. The van der Waals surface area contributed by atoms with Crippen molar-refractivity contribution in [1.29, 1.82) is 0 Å². The van der Waals surface area contributed by atoms with Crippen molar-refractivity contribution in [3.8, 4) is 0 Å². The first kappa shape index (κ1) is 12.4. The minimum Gasteiger partial charge on any atom is -0.443 e. The van der Waals surface area contributed by atoms with Gasteiger partial charge in [-0.15, -0.1) is 0 Å². The number of amides is 1. The highest BCUT2D eigenvalue weighted by Gasteiger charge is 2.09. The number of hydrogen-bond donors (Lipinski definition) is 1. The Hall–Kier alpha value is -2.62. The topological polar surface area (TPSA) is 55.1 Å². The zero-order chi connectivity index (χ0) is 14.1. The van der Waals surface area contributed by atoms with Crippen molar-refractivity contribution < 1.29 is 9.21 Å². The van der Waals surface area contributed by atoms with Crippen LogP contribution in [0.3, 0.4) is 0 Å².